The van der Waals surface area contributed by atoms with Crippen LogP contribution in [-0.4, -0.2) is 35.6 Å². The van der Waals surface area contributed by atoms with Crippen molar-refractivity contribution in [3.63, 3.8) is 0 Å². The number of hydrogen-bond donors (Lipinski definition) is 2. The molecule has 0 aliphatic heterocycles. The van der Waals surface area contributed by atoms with Crippen LogP contribution in [0, 0.1) is 0 Å². The van der Waals surface area contributed by atoms with E-state index >= 15 is 0 Å². The lowest BCUT2D eigenvalue weighted by Crippen LogP contribution is -2.33. The van der Waals surface area contributed by atoms with E-state index in [0.717, 1.165) is 17.3 Å². The van der Waals surface area contributed by atoms with E-state index in [9.17, 15) is 14.4 Å². The topological polar surface area (TPSA) is 92.7 Å². The molecular formula is C19H26BrNO5. The summed E-state index contributed by atoms with van der Waals surface area (Å²) in [6, 6.07) is 7.79. The molecule has 1 rings (SSSR count). The van der Waals surface area contributed by atoms with Gasteiger partial charge in [-0.3, -0.25) is 9.59 Å². The van der Waals surface area contributed by atoms with Gasteiger partial charge in [-0.1, -0.05) is 28.1 Å². The van der Waals surface area contributed by atoms with Crippen LogP contribution in [0.3, 0.4) is 0 Å². The van der Waals surface area contributed by atoms with Gasteiger partial charge in [0.1, 0.15) is 5.78 Å². The number of Topliss-reactive ketones (excluding diaryl/α,β-unsaturated/α-hetero) is 1. The highest BCUT2D eigenvalue weighted by molar-refractivity contribution is 9.10. The molecule has 0 spiro atoms. The lowest BCUT2D eigenvalue weighted by atomic mass is 10.0. The first-order valence-corrected chi connectivity index (χ1v) is 9.57. The molecule has 0 fully saturated rings. The minimum absolute atomic E-state index is 0.00377. The molecule has 1 aromatic rings. The summed E-state index contributed by atoms with van der Waals surface area (Å²) in [4.78, 5) is 33.8. The van der Waals surface area contributed by atoms with Gasteiger partial charge in [-0.25, -0.2) is 4.79 Å². The van der Waals surface area contributed by atoms with Crippen molar-refractivity contribution in [2.24, 2.45) is 0 Å². The second-order valence-corrected chi connectivity index (χ2v) is 7.15. The summed E-state index contributed by atoms with van der Waals surface area (Å²) in [6.07, 6.45) is 2.85. The highest BCUT2D eigenvalue weighted by Crippen LogP contribution is 2.13. The summed E-state index contributed by atoms with van der Waals surface area (Å²) in [6.45, 7) is 1.90. The summed E-state index contributed by atoms with van der Waals surface area (Å²) >= 11 is 3.39. The van der Waals surface area contributed by atoms with E-state index in [1.165, 1.54) is 5.56 Å². The van der Waals surface area contributed by atoms with E-state index in [0.29, 0.717) is 25.7 Å². The van der Waals surface area contributed by atoms with Crippen LogP contribution >= 0.6 is 15.9 Å². The van der Waals surface area contributed by atoms with Gasteiger partial charge in [-0.2, -0.15) is 0 Å². The number of carbonyl (C=O) groups excluding carboxylic acids is 2. The van der Waals surface area contributed by atoms with Crippen molar-refractivity contribution in [2.75, 3.05) is 6.61 Å². The summed E-state index contributed by atoms with van der Waals surface area (Å²) in [5, 5.41) is 11.1. The number of carboxylic acid groups (broad SMARTS) is 1. The van der Waals surface area contributed by atoms with Crippen LogP contribution in [0.4, 0.5) is 4.79 Å². The van der Waals surface area contributed by atoms with Gasteiger partial charge in [-0.05, 0) is 50.3 Å². The summed E-state index contributed by atoms with van der Waals surface area (Å²) < 4.78 is 6.04. The van der Waals surface area contributed by atoms with Crippen molar-refractivity contribution >= 4 is 33.8 Å². The van der Waals surface area contributed by atoms with E-state index in [1.807, 2.05) is 24.3 Å². The number of alkyl carbamates (subject to hydrolysis) is 1. The number of nitrogens with one attached hydrogen (secondary N) is 1. The number of aryl methyl sites for hydroxylation is 1. The van der Waals surface area contributed by atoms with E-state index in [1.54, 1.807) is 6.92 Å². The van der Waals surface area contributed by atoms with E-state index in [-0.39, 0.29) is 24.9 Å². The van der Waals surface area contributed by atoms with Crippen LogP contribution in [-0.2, 0) is 20.7 Å². The molecule has 7 heteroatoms. The Morgan fingerprint density at radius 1 is 1.12 bits per heavy atom. The number of ether oxygens (including phenoxy) is 1. The van der Waals surface area contributed by atoms with Gasteiger partial charge in [-0.15, -0.1) is 0 Å². The van der Waals surface area contributed by atoms with Crippen molar-refractivity contribution in [1.29, 1.82) is 0 Å². The van der Waals surface area contributed by atoms with Crippen LogP contribution in [0.2, 0.25) is 0 Å². The van der Waals surface area contributed by atoms with Crippen LogP contribution in [0.25, 0.3) is 0 Å². The van der Waals surface area contributed by atoms with Crippen LogP contribution in [0.5, 0.6) is 0 Å². The molecule has 26 heavy (non-hydrogen) atoms. The number of hydrogen-bond acceptors (Lipinski definition) is 4. The maximum absolute atomic E-state index is 11.8. The zero-order chi connectivity index (χ0) is 19.4. The second-order valence-electron chi connectivity index (χ2n) is 6.24. The summed E-state index contributed by atoms with van der Waals surface area (Å²) in [5.74, 6) is -0.730. The molecule has 0 radical (unpaired) electrons. The standard InChI is InChI=1S/C19H26BrNO5/c1-14(7-12-18(23)24)21-19(25)26-13-3-6-17(22)5-2-4-15-8-10-16(20)11-9-15/h8-11,14H,2-7,12-13H2,1H3,(H,21,25)(H,23,24)/t14-/m1/s1/i20-3. The first-order valence-electron chi connectivity index (χ1n) is 8.78. The predicted molar refractivity (Wildman–Crippen MR) is 102 cm³/mol. The molecule has 144 valence electrons. The third-order valence-corrected chi connectivity index (χ3v) is 4.35. The fourth-order valence-corrected chi connectivity index (χ4v) is 2.62. The zero-order valence-electron chi connectivity index (χ0n) is 15.0. The molecule has 0 aliphatic carbocycles. The average Bonchev–Trinajstić information content (AvgIpc) is 2.58. The Kier molecular flexibility index (Phi) is 10.6. The van der Waals surface area contributed by atoms with Crippen molar-refractivity contribution < 1.29 is 24.2 Å². The highest BCUT2D eigenvalue weighted by Gasteiger charge is 2.10. The van der Waals surface area contributed by atoms with Gasteiger partial charge in [0.05, 0.1) is 6.61 Å². The van der Waals surface area contributed by atoms with Gasteiger partial charge in [0, 0.05) is 29.8 Å². The molecule has 0 bridgehead atoms. The molecular weight excluding hydrogens is 399 g/mol. The normalized spacial score (nSPS) is 11.6. The molecule has 1 amide bonds. The molecule has 0 saturated heterocycles. The molecule has 0 aliphatic rings. The number of amides is 1. The average molecular weight is 425 g/mol. The Hall–Kier alpha value is -1.89. The fraction of sp³-hybridized carbons (Fsp3) is 0.526. The monoisotopic (exact) mass is 425 g/mol. The molecule has 1 aromatic carbocycles. The first kappa shape index (κ1) is 22.2. The molecule has 0 aromatic heterocycles. The maximum atomic E-state index is 11.8. The predicted octanol–water partition coefficient (Wildman–Crippen LogP) is 4.10. The Morgan fingerprint density at radius 2 is 1.77 bits per heavy atom. The third kappa shape index (κ3) is 10.9. The molecule has 6 nitrogen and oxygen atoms in total. The van der Waals surface area contributed by atoms with Crippen molar-refractivity contribution in [2.45, 2.75) is 57.9 Å². The van der Waals surface area contributed by atoms with Crippen molar-refractivity contribution in [3.8, 4) is 0 Å². The minimum Gasteiger partial charge on any atom is -0.481 e. The summed E-state index contributed by atoms with van der Waals surface area (Å²) in [5.41, 5.74) is 1.21. The SMILES string of the molecule is C[C@H](CCC(=O)O)NC(=O)OCCCC(=O)CCCc1ccc([77Br])cc1. The summed E-state index contributed by atoms with van der Waals surface area (Å²) in [7, 11) is 0. The lowest BCUT2D eigenvalue weighted by Gasteiger charge is -2.12. The van der Waals surface area contributed by atoms with Crippen molar-refractivity contribution in [3.05, 3.63) is 34.3 Å². The van der Waals surface area contributed by atoms with E-state index in [2.05, 4.69) is 21.2 Å². The van der Waals surface area contributed by atoms with Gasteiger partial charge >= 0.3 is 12.1 Å². The van der Waals surface area contributed by atoms with Crippen LogP contribution < -0.4 is 5.32 Å². The van der Waals surface area contributed by atoms with Gasteiger partial charge in [0.2, 0.25) is 0 Å². The van der Waals surface area contributed by atoms with E-state index in [4.69, 9.17) is 9.84 Å². The largest absolute Gasteiger partial charge is 0.481 e. The Bertz CT molecular complexity index is 588. The van der Waals surface area contributed by atoms with Crippen LogP contribution in [0.15, 0.2) is 28.7 Å². The molecule has 2 N–H and O–H groups in total. The zero-order valence-corrected chi connectivity index (χ0v) is 16.6. The molecule has 0 unspecified atom stereocenters. The smallest absolute Gasteiger partial charge is 0.407 e. The lowest BCUT2D eigenvalue weighted by molar-refractivity contribution is -0.137. The number of carbonyl (C=O) groups is 3. The third-order valence-electron chi connectivity index (χ3n) is 3.82. The van der Waals surface area contributed by atoms with Gasteiger partial charge in [0.15, 0.2) is 0 Å². The molecule has 0 heterocycles. The second kappa shape index (κ2) is 12.5. The van der Waals surface area contributed by atoms with E-state index < -0.39 is 12.1 Å². The minimum atomic E-state index is -0.898. The van der Waals surface area contributed by atoms with Gasteiger partial charge < -0.3 is 15.2 Å². The molecule has 1 atom stereocenters. The molecule has 0 saturated carbocycles. The number of ketones is 1. The Labute approximate surface area is 162 Å². The van der Waals surface area contributed by atoms with Crippen molar-refractivity contribution in [1.82, 2.24) is 5.32 Å². The Balaban J connectivity index is 2.05. The first-order chi connectivity index (χ1) is 12.4. The maximum Gasteiger partial charge on any atom is 0.407 e. The van der Waals surface area contributed by atoms with Gasteiger partial charge in [0.25, 0.3) is 0 Å². The number of aliphatic carboxylic acids is 1. The number of benzene rings is 1. The number of rotatable bonds is 12. The highest BCUT2D eigenvalue weighted by atomic mass is 76.9. The Morgan fingerprint density at radius 3 is 2.42 bits per heavy atom. The fourth-order valence-electron chi connectivity index (χ4n) is 2.35. The number of carboxylic acids is 1. The number of halogens is 1. The quantitative estimate of drug-likeness (QED) is 0.492. The van der Waals surface area contributed by atoms with Crippen LogP contribution in [0.1, 0.15) is 51.0 Å².